The van der Waals surface area contributed by atoms with E-state index in [-0.39, 0.29) is 36.5 Å². The van der Waals surface area contributed by atoms with E-state index in [1.807, 2.05) is 6.92 Å². The largest absolute Gasteiger partial charge is 0.493 e. The number of rotatable bonds is 22. The molecule has 0 saturated heterocycles. The smallest absolute Gasteiger partial charge is 0.346 e. The number of hydrogen-bond acceptors (Lipinski definition) is 6. The maximum atomic E-state index is 14.7. The molecular formula is C38H53F3O6. The van der Waals surface area contributed by atoms with Crippen LogP contribution in [0.25, 0.3) is 0 Å². The zero-order valence-corrected chi connectivity index (χ0v) is 28.2. The molecule has 0 bridgehead atoms. The highest BCUT2D eigenvalue weighted by atomic mass is 19.2. The Morgan fingerprint density at radius 1 is 0.723 bits per heavy atom. The molecule has 9 heteroatoms. The summed E-state index contributed by atoms with van der Waals surface area (Å²) in [5.74, 6) is -3.51. The van der Waals surface area contributed by atoms with Crippen LogP contribution in [-0.4, -0.2) is 37.4 Å². The van der Waals surface area contributed by atoms with Crippen LogP contribution in [0.2, 0.25) is 0 Å². The Kier molecular flexibility index (Phi) is 17.6. The fraction of sp³-hybridized carbons (Fsp3) is 0.632. The molecule has 0 aromatic heterocycles. The van der Waals surface area contributed by atoms with E-state index in [2.05, 4.69) is 6.92 Å². The molecule has 2 aromatic rings. The van der Waals surface area contributed by atoms with Crippen LogP contribution >= 0.6 is 0 Å². The van der Waals surface area contributed by atoms with E-state index in [0.717, 1.165) is 38.5 Å². The molecular weight excluding hydrogens is 609 g/mol. The summed E-state index contributed by atoms with van der Waals surface area (Å²) in [5, 5.41) is 0. The Bertz CT molecular complexity index is 1200. The third-order valence-corrected chi connectivity index (χ3v) is 8.69. The van der Waals surface area contributed by atoms with Gasteiger partial charge in [0.2, 0.25) is 5.82 Å². The van der Waals surface area contributed by atoms with Gasteiger partial charge in [0.1, 0.15) is 17.6 Å². The van der Waals surface area contributed by atoms with Crippen molar-refractivity contribution in [2.24, 2.45) is 5.92 Å². The average molecular weight is 663 g/mol. The van der Waals surface area contributed by atoms with Gasteiger partial charge in [-0.3, -0.25) is 0 Å². The normalized spacial score (nSPS) is 16.8. The summed E-state index contributed by atoms with van der Waals surface area (Å²) in [5.41, 5.74) is -0.515. The molecule has 0 unspecified atom stereocenters. The van der Waals surface area contributed by atoms with Crippen molar-refractivity contribution in [3.63, 3.8) is 0 Å². The minimum absolute atomic E-state index is 0.163. The van der Waals surface area contributed by atoms with E-state index >= 15 is 0 Å². The van der Waals surface area contributed by atoms with Crippen molar-refractivity contribution in [2.45, 2.75) is 135 Å². The first-order chi connectivity index (χ1) is 22.8. The first-order valence-electron chi connectivity index (χ1n) is 17.7. The number of alkyl halides is 1. The van der Waals surface area contributed by atoms with Gasteiger partial charge in [-0.2, -0.15) is 4.39 Å². The monoisotopic (exact) mass is 662 g/mol. The minimum Gasteiger partial charge on any atom is -0.493 e. The molecule has 0 radical (unpaired) electrons. The summed E-state index contributed by atoms with van der Waals surface area (Å²) in [6.07, 6.45) is 14.4. The number of halogens is 3. The van der Waals surface area contributed by atoms with Crippen molar-refractivity contribution in [3.05, 3.63) is 53.6 Å². The molecule has 1 saturated carbocycles. The molecule has 47 heavy (non-hydrogen) atoms. The average Bonchev–Trinajstić information content (AvgIpc) is 3.08. The highest BCUT2D eigenvalue weighted by Gasteiger charge is 2.27. The van der Waals surface area contributed by atoms with Crippen LogP contribution < -0.4 is 14.2 Å². The van der Waals surface area contributed by atoms with Crippen LogP contribution in [-0.2, 0) is 9.53 Å². The van der Waals surface area contributed by atoms with E-state index in [0.29, 0.717) is 31.6 Å². The van der Waals surface area contributed by atoms with E-state index in [9.17, 15) is 22.8 Å². The van der Waals surface area contributed by atoms with Crippen molar-refractivity contribution < 1.29 is 41.7 Å². The lowest BCUT2D eigenvalue weighted by molar-refractivity contribution is -0.157. The molecule has 1 aliphatic carbocycles. The summed E-state index contributed by atoms with van der Waals surface area (Å²) in [6.45, 7) is 4.90. The maximum absolute atomic E-state index is 14.7. The van der Waals surface area contributed by atoms with Crippen LogP contribution in [0.5, 0.6) is 17.2 Å². The zero-order valence-electron chi connectivity index (χ0n) is 28.2. The Hall–Kier alpha value is -3.23. The van der Waals surface area contributed by atoms with Gasteiger partial charge >= 0.3 is 11.9 Å². The maximum Gasteiger partial charge on any atom is 0.346 e. The number of benzene rings is 2. The molecule has 0 spiro atoms. The van der Waals surface area contributed by atoms with Gasteiger partial charge < -0.3 is 18.9 Å². The molecule has 0 heterocycles. The highest BCUT2D eigenvalue weighted by Crippen LogP contribution is 2.29. The molecule has 0 aliphatic heterocycles. The van der Waals surface area contributed by atoms with Crippen LogP contribution in [0.3, 0.4) is 0 Å². The lowest BCUT2D eigenvalue weighted by atomic mass is 9.88. The van der Waals surface area contributed by atoms with Crippen LogP contribution in [0, 0.1) is 17.6 Å². The topological polar surface area (TPSA) is 71.1 Å². The first-order valence-corrected chi connectivity index (χ1v) is 17.7. The van der Waals surface area contributed by atoms with Gasteiger partial charge in [-0.25, -0.2) is 18.4 Å². The van der Waals surface area contributed by atoms with Crippen molar-refractivity contribution in [2.75, 3.05) is 13.2 Å². The Labute approximate surface area is 278 Å². The van der Waals surface area contributed by atoms with Gasteiger partial charge in [0.25, 0.3) is 0 Å². The van der Waals surface area contributed by atoms with Gasteiger partial charge in [0, 0.05) is 0 Å². The van der Waals surface area contributed by atoms with Crippen molar-refractivity contribution in [3.8, 4) is 17.2 Å². The second-order valence-electron chi connectivity index (χ2n) is 12.6. The standard InChI is InChI=1S/C38H53F3O6/c1-3-5-7-8-9-10-11-12-13-14-26-44-34-25-24-32(35(40)36(34)41)37(42)46-31-22-20-29(21-23-31)45-27-28-16-18-30(19-17-28)47-38(43)33(39)15-6-4-2/h20-25,28,30,33H,3-19,26-27H2,1-2H3/t28?,30?,33-/m0/s1. The lowest BCUT2D eigenvalue weighted by Gasteiger charge is -2.28. The first kappa shape index (κ1) is 38.2. The van der Waals surface area contributed by atoms with Crippen molar-refractivity contribution in [1.82, 2.24) is 0 Å². The minimum atomic E-state index is -1.55. The predicted octanol–water partition coefficient (Wildman–Crippen LogP) is 10.5. The van der Waals surface area contributed by atoms with Crippen molar-refractivity contribution >= 4 is 11.9 Å². The summed E-state index contributed by atoms with van der Waals surface area (Å²) < 4.78 is 65.2. The molecule has 0 amide bonds. The van der Waals surface area contributed by atoms with Crippen LogP contribution in [0.4, 0.5) is 13.2 Å². The number of hydrogen-bond donors (Lipinski definition) is 0. The number of carbonyl (C=O) groups excluding carboxylic acids is 2. The molecule has 6 nitrogen and oxygen atoms in total. The number of esters is 2. The summed E-state index contributed by atoms with van der Waals surface area (Å²) in [6, 6.07) is 8.74. The second-order valence-corrected chi connectivity index (χ2v) is 12.6. The molecule has 1 fully saturated rings. The molecule has 2 aromatic carbocycles. The fourth-order valence-electron chi connectivity index (χ4n) is 5.71. The Morgan fingerprint density at radius 2 is 1.32 bits per heavy atom. The van der Waals surface area contributed by atoms with E-state index in [1.165, 1.54) is 69.2 Å². The van der Waals surface area contributed by atoms with Gasteiger partial charge in [-0.15, -0.1) is 0 Å². The van der Waals surface area contributed by atoms with Gasteiger partial charge in [-0.05, 0) is 80.8 Å². The lowest BCUT2D eigenvalue weighted by Crippen LogP contribution is -2.30. The molecule has 1 aliphatic rings. The van der Waals surface area contributed by atoms with Gasteiger partial charge in [0.05, 0.1) is 18.8 Å². The molecule has 262 valence electrons. The molecule has 1 atom stereocenters. The number of ether oxygens (including phenoxy) is 4. The van der Waals surface area contributed by atoms with E-state index in [1.54, 1.807) is 12.1 Å². The Morgan fingerprint density at radius 3 is 1.96 bits per heavy atom. The van der Waals surface area contributed by atoms with E-state index in [4.69, 9.17) is 18.9 Å². The predicted molar refractivity (Wildman–Crippen MR) is 177 cm³/mol. The summed E-state index contributed by atoms with van der Waals surface area (Å²) >= 11 is 0. The highest BCUT2D eigenvalue weighted by molar-refractivity contribution is 5.91. The molecule has 0 N–H and O–H groups in total. The fourth-order valence-corrected chi connectivity index (χ4v) is 5.71. The number of unbranched alkanes of at least 4 members (excludes halogenated alkanes) is 10. The quantitative estimate of drug-likeness (QED) is 0.0710. The SMILES string of the molecule is CCCCCCCCCCCCOc1ccc(C(=O)Oc2ccc(OCC3CCC(OC(=O)[C@@H](F)CCCC)CC3)cc2)c(F)c1F. The van der Waals surface area contributed by atoms with Crippen molar-refractivity contribution in [1.29, 1.82) is 0 Å². The van der Waals surface area contributed by atoms with E-state index < -0.39 is 35.3 Å². The van der Waals surface area contributed by atoms with Crippen LogP contribution in [0.15, 0.2) is 36.4 Å². The second kappa shape index (κ2) is 21.6. The molecule has 3 rings (SSSR count). The third-order valence-electron chi connectivity index (χ3n) is 8.69. The zero-order chi connectivity index (χ0) is 33.9. The number of carbonyl (C=O) groups is 2. The summed E-state index contributed by atoms with van der Waals surface area (Å²) in [4.78, 5) is 24.5. The summed E-state index contributed by atoms with van der Waals surface area (Å²) in [7, 11) is 0. The van der Waals surface area contributed by atoms with Gasteiger partial charge in [-0.1, -0.05) is 84.5 Å². The third kappa shape index (κ3) is 13.8. The Balaban J connectivity index is 1.34. The van der Waals surface area contributed by atoms with Gasteiger partial charge in [0.15, 0.2) is 17.7 Å². The van der Waals surface area contributed by atoms with Crippen LogP contribution in [0.1, 0.15) is 133 Å².